The topological polar surface area (TPSA) is 166 Å². The minimum absolute atomic E-state index is 0.0170. The van der Waals surface area contributed by atoms with E-state index in [0.29, 0.717) is 11.5 Å². The molecule has 0 atom stereocenters. The molecular formula is C39H48N2O11S2. The molecule has 4 aromatic rings. The molecule has 54 heavy (non-hydrogen) atoms. The van der Waals surface area contributed by atoms with E-state index >= 15 is 0 Å². The molecule has 1 N–H and O–H groups in total. The van der Waals surface area contributed by atoms with Crippen molar-refractivity contribution in [3.63, 3.8) is 0 Å². The fraction of sp³-hybridized carbons (Fsp3) is 0.385. The number of nitrogens with zero attached hydrogens (tertiary/aromatic N) is 2. The zero-order chi connectivity index (χ0) is 39.6. The van der Waals surface area contributed by atoms with Gasteiger partial charge >= 0.3 is 11.9 Å². The minimum Gasteiger partial charge on any atom is -0.497 e. The predicted octanol–water partition coefficient (Wildman–Crippen LogP) is 5.57. The number of carbonyl (C=O) groups is 2. The Morgan fingerprint density at radius 1 is 0.667 bits per heavy atom. The van der Waals surface area contributed by atoms with E-state index in [1.54, 1.807) is 24.3 Å². The normalized spacial score (nSPS) is 11.8. The molecule has 0 aliphatic rings. The maximum atomic E-state index is 14.6. The van der Waals surface area contributed by atoms with Crippen LogP contribution in [0.4, 0.5) is 11.4 Å². The van der Waals surface area contributed by atoms with Gasteiger partial charge in [0.2, 0.25) is 0 Å². The number of benzene rings is 4. The van der Waals surface area contributed by atoms with Crippen molar-refractivity contribution < 1.29 is 50.5 Å². The van der Waals surface area contributed by atoms with E-state index in [9.17, 15) is 31.5 Å². The van der Waals surface area contributed by atoms with Gasteiger partial charge < -0.3 is 24.1 Å². The SMILES string of the molecule is COc1ccc(S(=O)(=O)N(CC(=O)OCC(C)C)c2cc(CCCO)c(N(CC(=O)OCC(C)C)S(=O)(=O)c3ccc(OC)cc3)c3ccccc23)cc1. The summed E-state index contributed by atoms with van der Waals surface area (Å²) < 4.78 is 81.5. The summed E-state index contributed by atoms with van der Waals surface area (Å²) in [5, 5.41) is 10.5. The number of methoxy groups -OCH3 is 2. The van der Waals surface area contributed by atoms with Gasteiger partial charge in [-0.25, -0.2) is 16.8 Å². The summed E-state index contributed by atoms with van der Waals surface area (Å²) in [5.74, 6) is -0.812. The molecule has 0 saturated carbocycles. The molecule has 15 heteroatoms. The van der Waals surface area contributed by atoms with Crippen LogP contribution in [0.25, 0.3) is 10.8 Å². The van der Waals surface area contributed by atoms with Gasteiger partial charge in [0.1, 0.15) is 24.6 Å². The standard InChI is InChI=1S/C39H48N2O11S2/c1-27(2)25-51-37(43)23-40(53(45,46)32-17-13-30(49-5)14-18-32)36-22-29(10-9-21-42)39(35-12-8-7-11-34(35)36)41(24-38(44)52-26-28(3)4)54(47,48)33-19-15-31(50-6)16-20-33/h7-8,11-20,22,27-28,42H,9-10,21,23-26H2,1-6H3. The Morgan fingerprint density at radius 3 is 1.56 bits per heavy atom. The van der Waals surface area contributed by atoms with Crippen LogP contribution in [0, 0.1) is 11.8 Å². The number of aliphatic hydroxyl groups is 1. The van der Waals surface area contributed by atoms with Gasteiger partial charge in [0.15, 0.2) is 0 Å². The number of anilines is 2. The lowest BCUT2D eigenvalue weighted by molar-refractivity contribution is -0.143. The van der Waals surface area contributed by atoms with Crippen molar-refractivity contribution in [1.29, 1.82) is 0 Å². The zero-order valence-corrected chi connectivity index (χ0v) is 33.0. The lowest BCUT2D eigenvalue weighted by Gasteiger charge is -2.31. The fourth-order valence-corrected chi connectivity index (χ4v) is 8.42. The highest BCUT2D eigenvalue weighted by Gasteiger charge is 2.35. The van der Waals surface area contributed by atoms with Crippen LogP contribution in [0.1, 0.15) is 39.7 Å². The van der Waals surface area contributed by atoms with Crippen molar-refractivity contribution in [3.05, 3.63) is 84.4 Å². The Kier molecular flexibility index (Phi) is 14.3. The quantitative estimate of drug-likeness (QED) is 0.118. The summed E-state index contributed by atoms with van der Waals surface area (Å²) in [5.41, 5.74) is 0.435. The Balaban J connectivity index is 2.04. The van der Waals surface area contributed by atoms with Crippen LogP contribution in [0.2, 0.25) is 0 Å². The monoisotopic (exact) mass is 784 g/mol. The Labute approximate surface area is 317 Å². The number of ether oxygens (including phenoxy) is 4. The molecule has 0 bridgehead atoms. The molecule has 0 amide bonds. The van der Waals surface area contributed by atoms with Crippen molar-refractivity contribution in [2.24, 2.45) is 11.8 Å². The summed E-state index contributed by atoms with van der Waals surface area (Å²) in [6.07, 6.45) is 0.216. The van der Waals surface area contributed by atoms with Crippen LogP contribution in [0.5, 0.6) is 11.5 Å². The lowest BCUT2D eigenvalue weighted by atomic mass is 9.98. The molecule has 13 nitrogen and oxygen atoms in total. The summed E-state index contributed by atoms with van der Waals surface area (Å²) in [6, 6.07) is 19.4. The van der Waals surface area contributed by atoms with Crippen molar-refractivity contribution in [1.82, 2.24) is 0 Å². The number of hydrogen-bond acceptors (Lipinski definition) is 11. The number of carbonyl (C=O) groups excluding carboxylic acids is 2. The third kappa shape index (κ3) is 10.0. The molecule has 292 valence electrons. The van der Waals surface area contributed by atoms with Crippen molar-refractivity contribution in [2.75, 3.05) is 55.7 Å². The maximum absolute atomic E-state index is 14.6. The third-order valence-corrected chi connectivity index (χ3v) is 11.7. The van der Waals surface area contributed by atoms with Crippen LogP contribution in [-0.4, -0.2) is 81.0 Å². The number of sulfonamides is 2. The molecule has 4 rings (SSSR count). The van der Waals surface area contributed by atoms with Gasteiger partial charge in [0, 0.05) is 17.4 Å². The number of aryl methyl sites for hydroxylation is 1. The van der Waals surface area contributed by atoms with Gasteiger partial charge in [0.25, 0.3) is 20.0 Å². The van der Waals surface area contributed by atoms with Crippen LogP contribution >= 0.6 is 0 Å². The van der Waals surface area contributed by atoms with Crippen LogP contribution in [-0.2, 0) is 45.5 Å². The highest BCUT2D eigenvalue weighted by atomic mass is 32.2. The smallest absolute Gasteiger partial charge is 0.326 e. The summed E-state index contributed by atoms with van der Waals surface area (Å²) in [7, 11) is -6.08. The maximum Gasteiger partial charge on any atom is 0.326 e. The fourth-order valence-electron chi connectivity index (χ4n) is 5.54. The number of hydrogen-bond donors (Lipinski definition) is 1. The van der Waals surface area contributed by atoms with Crippen LogP contribution < -0.4 is 18.1 Å². The van der Waals surface area contributed by atoms with Crippen molar-refractivity contribution in [2.45, 2.75) is 50.3 Å². The first-order valence-electron chi connectivity index (χ1n) is 17.4. The van der Waals surface area contributed by atoms with Crippen LogP contribution in [0.3, 0.4) is 0 Å². The van der Waals surface area contributed by atoms with Gasteiger partial charge in [0.05, 0.1) is 48.6 Å². The molecule has 0 spiro atoms. The molecule has 0 aliphatic heterocycles. The Hall–Kier alpha value is -4.86. The second kappa shape index (κ2) is 18.5. The Bertz CT molecular complexity index is 2120. The number of rotatable bonds is 19. The third-order valence-electron chi connectivity index (χ3n) is 8.19. The number of fused-ring (bicyclic) bond motifs is 1. The van der Waals surface area contributed by atoms with Gasteiger partial charge in [-0.2, -0.15) is 0 Å². The molecular weight excluding hydrogens is 737 g/mol. The molecule has 0 unspecified atom stereocenters. The average molecular weight is 785 g/mol. The second-order valence-corrected chi connectivity index (χ2v) is 17.0. The molecule has 0 heterocycles. The molecule has 0 radical (unpaired) electrons. The number of aliphatic hydroxyl groups excluding tert-OH is 1. The predicted molar refractivity (Wildman–Crippen MR) is 206 cm³/mol. The van der Waals surface area contributed by atoms with E-state index in [2.05, 4.69) is 0 Å². The van der Waals surface area contributed by atoms with Gasteiger partial charge in [-0.15, -0.1) is 0 Å². The molecule has 4 aromatic carbocycles. The van der Waals surface area contributed by atoms with Gasteiger partial charge in [-0.05, 0) is 84.8 Å². The van der Waals surface area contributed by atoms with Crippen LogP contribution in [0.15, 0.2) is 88.7 Å². The van der Waals surface area contributed by atoms with Gasteiger partial charge in [-0.1, -0.05) is 52.0 Å². The average Bonchev–Trinajstić information content (AvgIpc) is 3.16. The first kappa shape index (κ1) is 41.9. The largest absolute Gasteiger partial charge is 0.497 e. The first-order chi connectivity index (χ1) is 25.6. The molecule has 0 aromatic heterocycles. The highest BCUT2D eigenvalue weighted by Crippen LogP contribution is 2.42. The van der Waals surface area contributed by atoms with Crippen molar-refractivity contribution >= 4 is 54.1 Å². The molecule has 0 aliphatic carbocycles. The summed E-state index contributed by atoms with van der Waals surface area (Å²) in [4.78, 5) is 26.4. The van der Waals surface area contributed by atoms with E-state index in [0.717, 1.165) is 8.61 Å². The summed E-state index contributed by atoms with van der Waals surface area (Å²) in [6.45, 7) is 5.81. The van der Waals surface area contributed by atoms with E-state index < -0.39 is 45.1 Å². The second-order valence-electron chi connectivity index (χ2n) is 13.3. The summed E-state index contributed by atoms with van der Waals surface area (Å²) >= 11 is 0. The first-order valence-corrected chi connectivity index (χ1v) is 20.3. The number of esters is 2. The van der Waals surface area contributed by atoms with Gasteiger partial charge in [-0.3, -0.25) is 18.2 Å². The van der Waals surface area contributed by atoms with E-state index in [4.69, 9.17) is 18.9 Å². The highest BCUT2D eigenvalue weighted by molar-refractivity contribution is 7.93. The Morgan fingerprint density at radius 2 is 1.11 bits per heavy atom. The zero-order valence-electron chi connectivity index (χ0n) is 31.4. The lowest BCUT2D eigenvalue weighted by Crippen LogP contribution is -2.39. The van der Waals surface area contributed by atoms with E-state index in [-0.39, 0.29) is 82.0 Å². The van der Waals surface area contributed by atoms with E-state index in [1.165, 1.54) is 68.8 Å². The molecule has 0 saturated heterocycles. The molecule has 0 fully saturated rings. The minimum atomic E-state index is -4.50. The van der Waals surface area contributed by atoms with E-state index in [1.807, 2.05) is 27.7 Å². The van der Waals surface area contributed by atoms with Crippen molar-refractivity contribution in [3.8, 4) is 11.5 Å².